The summed E-state index contributed by atoms with van der Waals surface area (Å²) in [5.41, 5.74) is 4.71. The molecule has 0 saturated carbocycles. The summed E-state index contributed by atoms with van der Waals surface area (Å²) >= 11 is 7.44. The highest BCUT2D eigenvalue weighted by Gasteiger charge is 2.33. The molecule has 0 radical (unpaired) electrons. The largest absolute Gasteiger partial charge is 0.463 e. The molecular formula is C33H25ClN4O3S. The van der Waals surface area contributed by atoms with E-state index >= 15 is 0 Å². The minimum absolute atomic E-state index is 0.205. The van der Waals surface area contributed by atoms with Gasteiger partial charge in [0.05, 0.1) is 40.1 Å². The molecule has 1 aliphatic rings. The van der Waals surface area contributed by atoms with E-state index in [9.17, 15) is 14.9 Å². The smallest absolute Gasteiger partial charge is 0.338 e. The number of benzene rings is 3. The average molecular weight is 593 g/mol. The number of nitrogens with zero attached hydrogens (tertiary/aromatic N) is 4. The summed E-state index contributed by atoms with van der Waals surface area (Å²) < 4.78 is 9.53. The number of carbonyl (C=O) groups excluding carboxylic acids is 1. The topological polar surface area (TPSA) is 89.4 Å². The van der Waals surface area contributed by atoms with E-state index in [0.29, 0.717) is 37.7 Å². The number of allylic oxidation sites excluding steroid dienone is 1. The van der Waals surface area contributed by atoms with E-state index in [1.165, 1.54) is 11.3 Å². The number of ether oxygens (including phenoxy) is 1. The number of thiazole rings is 1. The van der Waals surface area contributed by atoms with Crippen LogP contribution in [0.3, 0.4) is 0 Å². The van der Waals surface area contributed by atoms with Crippen molar-refractivity contribution < 1.29 is 9.53 Å². The minimum Gasteiger partial charge on any atom is -0.463 e. The fourth-order valence-electron chi connectivity index (χ4n) is 5.37. The molecule has 0 spiro atoms. The Hall–Kier alpha value is -4.71. The maximum absolute atomic E-state index is 14.1. The standard InChI is InChI=1S/C33H25ClN4O3S/c1-3-41-32(40)29-20(2)36-33-38(30(29)21-12-14-25(34)15-13-21)31(39)28(42-33)16-24-19-37(27-11-7-6-10-26(24)27)18-23-9-5-4-8-22(23)17-35/h4-16,19,30H,3,18H2,1-2H3/b28-16+/t30-/m0/s1. The molecule has 6 rings (SSSR count). The van der Waals surface area contributed by atoms with Gasteiger partial charge in [-0.15, -0.1) is 0 Å². The van der Waals surface area contributed by atoms with Crippen LogP contribution in [-0.2, 0) is 16.1 Å². The summed E-state index contributed by atoms with van der Waals surface area (Å²) in [4.78, 5) is 32.3. The van der Waals surface area contributed by atoms with Gasteiger partial charge in [-0.05, 0) is 55.3 Å². The highest BCUT2D eigenvalue weighted by atomic mass is 35.5. The van der Waals surface area contributed by atoms with Gasteiger partial charge >= 0.3 is 5.97 Å². The molecule has 0 unspecified atom stereocenters. The zero-order chi connectivity index (χ0) is 29.4. The van der Waals surface area contributed by atoms with E-state index < -0.39 is 12.0 Å². The van der Waals surface area contributed by atoms with Crippen LogP contribution in [0.25, 0.3) is 17.0 Å². The van der Waals surface area contributed by atoms with Gasteiger partial charge in [0.25, 0.3) is 5.56 Å². The Morgan fingerprint density at radius 1 is 1.12 bits per heavy atom. The summed E-state index contributed by atoms with van der Waals surface area (Å²) in [6.45, 7) is 4.23. The van der Waals surface area contributed by atoms with E-state index in [1.807, 2.05) is 72.9 Å². The van der Waals surface area contributed by atoms with Crippen molar-refractivity contribution in [1.82, 2.24) is 9.13 Å². The molecule has 0 saturated heterocycles. The number of rotatable bonds is 6. The van der Waals surface area contributed by atoms with Gasteiger partial charge < -0.3 is 9.30 Å². The van der Waals surface area contributed by atoms with Crippen LogP contribution in [0, 0.1) is 11.3 Å². The number of para-hydroxylation sites is 1. The van der Waals surface area contributed by atoms with E-state index in [1.54, 1.807) is 30.5 Å². The van der Waals surface area contributed by atoms with E-state index in [0.717, 1.165) is 27.6 Å². The van der Waals surface area contributed by atoms with Crippen molar-refractivity contribution in [3.05, 3.63) is 137 Å². The number of fused-ring (bicyclic) bond motifs is 2. The highest BCUT2D eigenvalue weighted by Crippen LogP contribution is 2.31. The maximum Gasteiger partial charge on any atom is 0.338 e. The number of hydrogen-bond acceptors (Lipinski definition) is 6. The van der Waals surface area contributed by atoms with Crippen LogP contribution in [0.5, 0.6) is 0 Å². The Kier molecular flexibility index (Phi) is 7.38. The lowest BCUT2D eigenvalue weighted by Gasteiger charge is -2.24. The van der Waals surface area contributed by atoms with Gasteiger partial charge in [0, 0.05) is 34.2 Å². The number of aromatic nitrogens is 2. The number of esters is 1. The highest BCUT2D eigenvalue weighted by molar-refractivity contribution is 7.07. The lowest BCUT2D eigenvalue weighted by molar-refractivity contribution is -0.139. The number of halogens is 1. The summed E-state index contributed by atoms with van der Waals surface area (Å²) in [5.74, 6) is -0.506. The Balaban J connectivity index is 1.52. The van der Waals surface area contributed by atoms with E-state index in [-0.39, 0.29) is 12.2 Å². The Labute approximate surface area is 250 Å². The zero-order valence-electron chi connectivity index (χ0n) is 22.9. The first-order valence-electron chi connectivity index (χ1n) is 13.4. The first-order chi connectivity index (χ1) is 20.4. The number of nitriles is 1. The molecular weight excluding hydrogens is 568 g/mol. The van der Waals surface area contributed by atoms with Crippen molar-refractivity contribution in [2.75, 3.05) is 6.61 Å². The third kappa shape index (κ3) is 4.87. The van der Waals surface area contributed by atoms with Crippen molar-refractivity contribution in [3.63, 3.8) is 0 Å². The monoisotopic (exact) mass is 592 g/mol. The van der Waals surface area contributed by atoms with Crippen molar-refractivity contribution in [2.24, 2.45) is 4.99 Å². The summed E-state index contributed by atoms with van der Waals surface area (Å²) in [6, 6.07) is 24.2. The Bertz CT molecular complexity index is 2110. The van der Waals surface area contributed by atoms with Crippen molar-refractivity contribution in [1.29, 1.82) is 5.26 Å². The second-order valence-corrected chi connectivity index (χ2v) is 11.3. The molecule has 42 heavy (non-hydrogen) atoms. The fourth-order valence-corrected chi connectivity index (χ4v) is 6.53. The third-order valence-electron chi connectivity index (χ3n) is 7.29. The van der Waals surface area contributed by atoms with Gasteiger partial charge in [-0.25, -0.2) is 9.79 Å². The normalized spacial score (nSPS) is 14.9. The van der Waals surface area contributed by atoms with Gasteiger partial charge in [-0.1, -0.05) is 71.5 Å². The van der Waals surface area contributed by atoms with Crippen LogP contribution >= 0.6 is 22.9 Å². The quantitative estimate of drug-likeness (QED) is 0.249. The van der Waals surface area contributed by atoms with Crippen molar-refractivity contribution in [2.45, 2.75) is 26.4 Å². The molecule has 3 heterocycles. The lowest BCUT2D eigenvalue weighted by Crippen LogP contribution is -2.39. The fraction of sp³-hybridized carbons (Fsp3) is 0.152. The van der Waals surface area contributed by atoms with Crippen LogP contribution in [0.1, 0.15) is 42.1 Å². The molecule has 208 valence electrons. The zero-order valence-corrected chi connectivity index (χ0v) is 24.4. The molecule has 0 fully saturated rings. The van der Waals surface area contributed by atoms with Gasteiger partial charge in [-0.3, -0.25) is 9.36 Å². The molecule has 1 aliphatic heterocycles. The summed E-state index contributed by atoms with van der Waals surface area (Å²) in [7, 11) is 0. The molecule has 0 amide bonds. The molecule has 5 aromatic rings. The van der Waals surface area contributed by atoms with Crippen LogP contribution < -0.4 is 14.9 Å². The number of hydrogen-bond donors (Lipinski definition) is 0. The summed E-state index contributed by atoms with van der Waals surface area (Å²) in [5, 5.41) is 11.1. The molecule has 0 aliphatic carbocycles. The second kappa shape index (κ2) is 11.3. The molecule has 2 aromatic heterocycles. The van der Waals surface area contributed by atoms with E-state index in [4.69, 9.17) is 16.3 Å². The second-order valence-electron chi connectivity index (χ2n) is 9.85. The number of carbonyl (C=O) groups is 1. The van der Waals surface area contributed by atoms with Gasteiger partial charge in [0.1, 0.15) is 0 Å². The maximum atomic E-state index is 14.1. The molecule has 0 N–H and O–H groups in total. The van der Waals surface area contributed by atoms with Crippen molar-refractivity contribution in [3.8, 4) is 6.07 Å². The molecule has 1 atom stereocenters. The molecule has 0 bridgehead atoms. The SMILES string of the molecule is CCOC(=O)C1=C(C)N=c2s/c(=C/c3cn(Cc4ccccc4C#N)c4ccccc34)c(=O)n2[C@H]1c1ccc(Cl)cc1. The van der Waals surface area contributed by atoms with Crippen LogP contribution in [-0.4, -0.2) is 21.7 Å². The molecule has 9 heteroatoms. The van der Waals surface area contributed by atoms with Gasteiger partial charge in [-0.2, -0.15) is 5.26 Å². The first-order valence-corrected chi connectivity index (χ1v) is 14.6. The lowest BCUT2D eigenvalue weighted by atomic mass is 9.96. The van der Waals surface area contributed by atoms with Gasteiger partial charge in [0.15, 0.2) is 4.80 Å². The Morgan fingerprint density at radius 3 is 2.62 bits per heavy atom. The minimum atomic E-state index is -0.705. The van der Waals surface area contributed by atoms with E-state index in [2.05, 4.69) is 15.6 Å². The van der Waals surface area contributed by atoms with Crippen LogP contribution in [0.2, 0.25) is 5.02 Å². The third-order valence-corrected chi connectivity index (χ3v) is 8.52. The first kappa shape index (κ1) is 27.5. The Morgan fingerprint density at radius 2 is 1.86 bits per heavy atom. The molecule has 7 nitrogen and oxygen atoms in total. The average Bonchev–Trinajstić information content (AvgIpc) is 3.49. The van der Waals surface area contributed by atoms with Gasteiger partial charge in [0.2, 0.25) is 0 Å². The molecule has 3 aromatic carbocycles. The van der Waals surface area contributed by atoms with Crippen LogP contribution in [0.4, 0.5) is 0 Å². The van der Waals surface area contributed by atoms with Crippen molar-refractivity contribution >= 4 is 45.9 Å². The van der Waals surface area contributed by atoms with Crippen LogP contribution in [0.15, 0.2) is 100 Å². The summed E-state index contributed by atoms with van der Waals surface area (Å²) in [6.07, 6.45) is 3.88. The predicted octanol–water partition coefficient (Wildman–Crippen LogP) is 5.33. The predicted molar refractivity (Wildman–Crippen MR) is 164 cm³/mol.